The average Bonchev–Trinajstić information content (AvgIpc) is 3.29. The molecule has 0 saturated carbocycles. The van der Waals surface area contributed by atoms with Gasteiger partial charge in [-0.05, 0) is 62.4 Å². The zero-order valence-corrected chi connectivity index (χ0v) is 18.5. The molecule has 31 heavy (non-hydrogen) atoms. The van der Waals surface area contributed by atoms with E-state index < -0.39 is 0 Å². The van der Waals surface area contributed by atoms with Gasteiger partial charge in [-0.2, -0.15) is 0 Å². The molecule has 0 unspecified atom stereocenters. The lowest BCUT2D eigenvalue weighted by Gasteiger charge is -2.31. The van der Waals surface area contributed by atoms with Gasteiger partial charge in [-0.25, -0.2) is 4.98 Å². The number of hydrogen-bond acceptors (Lipinski definition) is 6. The minimum atomic E-state index is -0.275. The van der Waals surface area contributed by atoms with Gasteiger partial charge < -0.3 is 10.3 Å². The third-order valence-electron chi connectivity index (χ3n) is 5.75. The minimum absolute atomic E-state index is 0.0404. The molecule has 0 aromatic carbocycles. The van der Waals surface area contributed by atoms with E-state index in [1.165, 1.54) is 4.88 Å². The van der Waals surface area contributed by atoms with Crippen LogP contribution in [0.2, 0.25) is 0 Å². The van der Waals surface area contributed by atoms with Crippen molar-refractivity contribution in [3.8, 4) is 11.4 Å². The summed E-state index contributed by atoms with van der Waals surface area (Å²) in [6.07, 6.45) is 5.51. The molecule has 0 spiro atoms. The zero-order valence-electron chi connectivity index (χ0n) is 17.6. The van der Waals surface area contributed by atoms with Crippen molar-refractivity contribution in [1.29, 1.82) is 0 Å². The number of H-pyrrole nitrogens is 1. The van der Waals surface area contributed by atoms with Crippen LogP contribution in [0.3, 0.4) is 0 Å². The van der Waals surface area contributed by atoms with Crippen molar-refractivity contribution in [2.24, 2.45) is 5.92 Å². The van der Waals surface area contributed by atoms with Crippen molar-refractivity contribution in [2.45, 2.75) is 32.7 Å². The molecule has 8 heteroatoms. The van der Waals surface area contributed by atoms with Crippen LogP contribution in [-0.2, 0) is 17.8 Å². The Hall–Kier alpha value is -2.84. The monoisotopic (exact) mass is 437 g/mol. The van der Waals surface area contributed by atoms with Crippen molar-refractivity contribution in [1.82, 2.24) is 25.2 Å². The standard InChI is InChI=1S/C23H27N5O2S/c1-16-20(23(30)27-22(26-16)18-4-2-8-24-14-18)12-21(29)25-13-17-6-9-28(10-7-17)15-19-5-3-11-31-19/h2-5,8,11,14,17H,6-7,9-10,12-13,15H2,1H3,(H,25,29)(H,26,27,30). The Morgan fingerprint density at radius 3 is 2.81 bits per heavy atom. The van der Waals surface area contributed by atoms with Gasteiger partial charge in [-0.1, -0.05) is 6.07 Å². The van der Waals surface area contributed by atoms with E-state index in [2.05, 4.69) is 42.7 Å². The quantitative estimate of drug-likeness (QED) is 0.593. The Kier molecular flexibility index (Phi) is 6.89. The topological polar surface area (TPSA) is 91.0 Å². The number of nitrogens with one attached hydrogen (secondary N) is 2. The fourth-order valence-electron chi connectivity index (χ4n) is 3.91. The van der Waals surface area contributed by atoms with Crippen LogP contribution in [0, 0.1) is 12.8 Å². The van der Waals surface area contributed by atoms with Crippen molar-refractivity contribution in [3.05, 3.63) is 68.5 Å². The number of aromatic amines is 1. The number of aromatic nitrogens is 3. The summed E-state index contributed by atoms with van der Waals surface area (Å²) in [6.45, 7) is 5.54. The highest BCUT2D eigenvalue weighted by molar-refractivity contribution is 7.09. The van der Waals surface area contributed by atoms with E-state index in [9.17, 15) is 9.59 Å². The Bertz CT molecular complexity index is 1060. The molecule has 4 rings (SSSR count). The number of amides is 1. The first kappa shape index (κ1) is 21.4. The molecule has 0 radical (unpaired) electrons. The number of rotatable bonds is 7. The van der Waals surface area contributed by atoms with Gasteiger partial charge in [0.1, 0.15) is 5.82 Å². The second-order valence-electron chi connectivity index (χ2n) is 8.00. The number of thiophene rings is 1. The third kappa shape index (κ3) is 5.65. The molecule has 1 saturated heterocycles. The van der Waals surface area contributed by atoms with Crippen LogP contribution in [0.1, 0.15) is 29.0 Å². The SMILES string of the molecule is Cc1nc(-c2cccnc2)[nH]c(=O)c1CC(=O)NCC1CCN(Cc2cccs2)CC1. The summed E-state index contributed by atoms with van der Waals surface area (Å²) in [4.78, 5) is 40.2. The van der Waals surface area contributed by atoms with E-state index >= 15 is 0 Å². The highest BCUT2D eigenvalue weighted by atomic mass is 32.1. The van der Waals surface area contributed by atoms with Crippen LogP contribution in [0.25, 0.3) is 11.4 Å². The normalized spacial score (nSPS) is 15.1. The first-order valence-corrected chi connectivity index (χ1v) is 11.5. The van der Waals surface area contributed by atoms with Crippen molar-refractivity contribution >= 4 is 17.2 Å². The number of hydrogen-bond donors (Lipinski definition) is 2. The van der Waals surface area contributed by atoms with Crippen molar-refractivity contribution in [3.63, 3.8) is 0 Å². The van der Waals surface area contributed by atoms with Gasteiger partial charge in [-0.15, -0.1) is 11.3 Å². The molecule has 3 aromatic rings. The van der Waals surface area contributed by atoms with E-state index in [4.69, 9.17) is 0 Å². The number of piperidine rings is 1. The zero-order chi connectivity index (χ0) is 21.6. The lowest BCUT2D eigenvalue weighted by atomic mass is 9.96. The molecule has 3 aromatic heterocycles. The highest BCUT2D eigenvalue weighted by Gasteiger charge is 2.20. The van der Waals surface area contributed by atoms with Crippen LogP contribution >= 0.6 is 11.3 Å². The lowest BCUT2D eigenvalue weighted by molar-refractivity contribution is -0.120. The van der Waals surface area contributed by atoms with E-state index in [1.807, 2.05) is 6.07 Å². The van der Waals surface area contributed by atoms with Crippen LogP contribution in [0.4, 0.5) is 0 Å². The minimum Gasteiger partial charge on any atom is -0.356 e. The summed E-state index contributed by atoms with van der Waals surface area (Å²) < 4.78 is 0. The Labute approximate surface area is 185 Å². The molecule has 2 N–H and O–H groups in total. The molecule has 1 amide bonds. The van der Waals surface area contributed by atoms with Gasteiger partial charge in [0, 0.05) is 47.2 Å². The van der Waals surface area contributed by atoms with Gasteiger partial charge in [0.15, 0.2) is 0 Å². The molecule has 1 aliphatic heterocycles. The van der Waals surface area contributed by atoms with Crippen LogP contribution < -0.4 is 10.9 Å². The number of carbonyl (C=O) groups excluding carboxylic acids is 1. The fourth-order valence-corrected chi connectivity index (χ4v) is 4.66. The van der Waals surface area contributed by atoms with E-state index in [1.54, 1.807) is 36.7 Å². The Balaban J connectivity index is 1.27. The lowest BCUT2D eigenvalue weighted by Crippen LogP contribution is -2.39. The van der Waals surface area contributed by atoms with Crippen molar-refractivity contribution < 1.29 is 4.79 Å². The van der Waals surface area contributed by atoms with Crippen LogP contribution in [0.5, 0.6) is 0 Å². The summed E-state index contributed by atoms with van der Waals surface area (Å²) >= 11 is 1.80. The maximum absolute atomic E-state index is 12.5. The summed E-state index contributed by atoms with van der Waals surface area (Å²) in [5.41, 5.74) is 1.45. The molecule has 0 bridgehead atoms. The summed E-state index contributed by atoms with van der Waals surface area (Å²) in [5, 5.41) is 5.13. The summed E-state index contributed by atoms with van der Waals surface area (Å²) in [5.74, 6) is 0.814. The maximum Gasteiger partial charge on any atom is 0.255 e. The van der Waals surface area contributed by atoms with Crippen LogP contribution in [0.15, 0.2) is 46.8 Å². The van der Waals surface area contributed by atoms with Gasteiger partial charge in [-0.3, -0.25) is 19.5 Å². The molecule has 1 aliphatic rings. The molecule has 162 valence electrons. The Morgan fingerprint density at radius 2 is 2.13 bits per heavy atom. The van der Waals surface area contributed by atoms with E-state index in [0.29, 0.717) is 29.5 Å². The summed E-state index contributed by atoms with van der Waals surface area (Å²) in [6, 6.07) is 7.90. The second kappa shape index (κ2) is 9.98. The fraction of sp³-hybridized carbons (Fsp3) is 0.391. The second-order valence-corrected chi connectivity index (χ2v) is 9.03. The number of carbonyl (C=O) groups is 1. The largest absolute Gasteiger partial charge is 0.356 e. The third-order valence-corrected chi connectivity index (χ3v) is 6.61. The number of pyridine rings is 1. The molecular weight excluding hydrogens is 410 g/mol. The first-order valence-electron chi connectivity index (χ1n) is 10.6. The molecule has 1 fully saturated rings. The molecule has 0 aliphatic carbocycles. The molecule has 4 heterocycles. The van der Waals surface area contributed by atoms with Gasteiger partial charge >= 0.3 is 0 Å². The van der Waals surface area contributed by atoms with E-state index in [-0.39, 0.29) is 17.9 Å². The van der Waals surface area contributed by atoms with Gasteiger partial charge in [0.05, 0.1) is 6.42 Å². The predicted octanol–water partition coefficient (Wildman–Crippen LogP) is 2.77. The van der Waals surface area contributed by atoms with Crippen molar-refractivity contribution in [2.75, 3.05) is 19.6 Å². The average molecular weight is 438 g/mol. The predicted molar refractivity (Wildman–Crippen MR) is 122 cm³/mol. The number of nitrogens with zero attached hydrogens (tertiary/aromatic N) is 3. The van der Waals surface area contributed by atoms with E-state index in [0.717, 1.165) is 38.0 Å². The molecular formula is C23H27N5O2S. The molecule has 0 atom stereocenters. The van der Waals surface area contributed by atoms with Gasteiger partial charge in [0.25, 0.3) is 5.56 Å². The number of aryl methyl sites for hydroxylation is 1. The highest BCUT2D eigenvalue weighted by Crippen LogP contribution is 2.20. The summed E-state index contributed by atoms with van der Waals surface area (Å²) in [7, 11) is 0. The van der Waals surface area contributed by atoms with Crippen LogP contribution in [-0.4, -0.2) is 45.4 Å². The Morgan fingerprint density at radius 1 is 1.29 bits per heavy atom. The van der Waals surface area contributed by atoms with Gasteiger partial charge in [0.2, 0.25) is 5.91 Å². The number of likely N-dealkylation sites (tertiary alicyclic amines) is 1. The first-order chi connectivity index (χ1) is 15.1. The maximum atomic E-state index is 12.5. The smallest absolute Gasteiger partial charge is 0.255 e. The molecule has 7 nitrogen and oxygen atoms in total.